The summed E-state index contributed by atoms with van der Waals surface area (Å²) in [5.41, 5.74) is 6.23. The summed E-state index contributed by atoms with van der Waals surface area (Å²) in [6.45, 7) is 0.857. The zero-order valence-electron chi connectivity index (χ0n) is 6.22. The van der Waals surface area contributed by atoms with Crippen molar-refractivity contribution in [1.29, 1.82) is 0 Å². The summed E-state index contributed by atoms with van der Waals surface area (Å²) in [5.74, 6) is 0. The number of anilines is 1. The van der Waals surface area contributed by atoms with Gasteiger partial charge in [-0.15, -0.1) is 0 Å². The van der Waals surface area contributed by atoms with Crippen molar-refractivity contribution in [2.75, 3.05) is 12.4 Å². The molecule has 0 saturated carbocycles. The number of benzene rings is 1. The Bertz CT molecular complexity index is 189. The van der Waals surface area contributed by atoms with Crippen LogP contribution in [0.2, 0.25) is 0 Å². The maximum absolute atomic E-state index is 3.80. The van der Waals surface area contributed by atoms with Crippen molar-refractivity contribution >= 4 is 5.69 Å². The second-order valence-corrected chi connectivity index (χ2v) is 2.20. The first-order valence-corrected chi connectivity index (χ1v) is 3.42. The second-order valence-electron chi connectivity index (χ2n) is 2.20. The first kappa shape index (κ1) is 7.09. The predicted octanol–water partition coefficient (Wildman–Crippen LogP) is 0.470. The summed E-state index contributed by atoms with van der Waals surface area (Å²) < 4.78 is 0. The molecule has 0 fully saturated rings. The summed E-state index contributed by atoms with van der Waals surface area (Å²) in [7, 11) is 1.92. The van der Waals surface area contributed by atoms with Crippen LogP contribution in [0.3, 0.4) is 0 Å². The monoisotopic (exact) mass is 137 g/mol. The molecular formula is C8H13N2+. The van der Waals surface area contributed by atoms with E-state index in [4.69, 9.17) is 0 Å². The molecule has 1 rings (SSSR count). The molecule has 0 unspecified atom stereocenters. The fourth-order valence-corrected chi connectivity index (χ4v) is 0.882. The van der Waals surface area contributed by atoms with E-state index in [-0.39, 0.29) is 0 Å². The molecule has 0 radical (unpaired) electrons. The summed E-state index contributed by atoms with van der Waals surface area (Å²) in [4.78, 5) is 0. The number of hydrogen-bond acceptors (Lipinski definition) is 1. The van der Waals surface area contributed by atoms with Crippen molar-refractivity contribution in [1.82, 2.24) is 0 Å². The summed E-state index contributed by atoms with van der Waals surface area (Å²) in [6.07, 6.45) is 0. The summed E-state index contributed by atoms with van der Waals surface area (Å²) in [6, 6.07) is 8.26. The molecule has 2 heteroatoms. The van der Waals surface area contributed by atoms with Crippen molar-refractivity contribution in [3.8, 4) is 0 Å². The molecule has 0 aliphatic rings. The van der Waals surface area contributed by atoms with Crippen LogP contribution < -0.4 is 11.1 Å². The van der Waals surface area contributed by atoms with Gasteiger partial charge in [-0.3, -0.25) is 0 Å². The SMILES string of the molecule is CNc1cccc(C[NH3+])c1. The van der Waals surface area contributed by atoms with Crippen LogP contribution in [0.25, 0.3) is 0 Å². The Morgan fingerprint density at radius 3 is 2.90 bits per heavy atom. The van der Waals surface area contributed by atoms with Gasteiger partial charge >= 0.3 is 0 Å². The molecule has 0 atom stereocenters. The van der Waals surface area contributed by atoms with Crippen LogP contribution in [0.15, 0.2) is 24.3 Å². The van der Waals surface area contributed by atoms with Gasteiger partial charge in [0.2, 0.25) is 0 Å². The van der Waals surface area contributed by atoms with Gasteiger partial charge in [0.15, 0.2) is 0 Å². The highest BCUT2D eigenvalue weighted by atomic mass is 14.8. The summed E-state index contributed by atoms with van der Waals surface area (Å²) >= 11 is 0. The lowest BCUT2D eigenvalue weighted by Crippen LogP contribution is -2.47. The Morgan fingerprint density at radius 1 is 1.50 bits per heavy atom. The first-order chi connectivity index (χ1) is 4.86. The Morgan fingerprint density at radius 2 is 2.30 bits per heavy atom. The van der Waals surface area contributed by atoms with E-state index in [2.05, 4.69) is 23.2 Å². The third-order valence-electron chi connectivity index (χ3n) is 1.50. The lowest BCUT2D eigenvalue weighted by molar-refractivity contribution is -0.386. The van der Waals surface area contributed by atoms with Crippen molar-refractivity contribution in [3.05, 3.63) is 29.8 Å². The van der Waals surface area contributed by atoms with E-state index in [0.717, 1.165) is 12.2 Å². The van der Waals surface area contributed by atoms with Gasteiger partial charge in [-0.2, -0.15) is 0 Å². The molecule has 1 aromatic carbocycles. The Kier molecular flexibility index (Phi) is 2.29. The van der Waals surface area contributed by atoms with E-state index >= 15 is 0 Å². The van der Waals surface area contributed by atoms with Gasteiger partial charge < -0.3 is 11.1 Å². The smallest absolute Gasteiger partial charge is 0.0998 e. The minimum atomic E-state index is 0.857. The van der Waals surface area contributed by atoms with Gasteiger partial charge in [-0.05, 0) is 12.1 Å². The number of quaternary nitrogens is 1. The van der Waals surface area contributed by atoms with Gasteiger partial charge in [-0.25, -0.2) is 0 Å². The van der Waals surface area contributed by atoms with Crippen LogP contribution >= 0.6 is 0 Å². The lowest BCUT2D eigenvalue weighted by Gasteiger charge is -1.99. The molecule has 0 aliphatic carbocycles. The fraction of sp³-hybridized carbons (Fsp3) is 0.250. The zero-order chi connectivity index (χ0) is 7.40. The highest BCUT2D eigenvalue weighted by Crippen LogP contribution is 2.07. The van der Waals surface area contributed by atoms with E-state index < -0.39 is 0 Å². The van der Waals surface area contributed by atoms with E-state index in [9.17, 15) is 0 Å². The fourth-order valence-electron chi connectivity index (χ4n) is 0.882. The van der Waals surface area contributed by atoms with Gasteiger partial charge in [0.1, 0.15) is 0 Å². The van der Waals surface area contributed by atoms with Gasteiger partial charge in [0.25, 0.3) is 0 Å². The molecule has 2 nitrogen and oxygen atoms in total. The van der Waals surface area contributed by atoms with Crippen molar-refractivity contribution < 1.29 is 5.73 Å². The molecule has 4 N–H and O–H groups in total. The molecule has 10 heavy (non-hydrogen) atoms. The average Bonchev–Trinajstić information content (AvgIpc) is 2.05. The van der Waals surface area contributed by atoms with Crippen LogP contribution in [0.1, 0.15) is 5.56 Å². The highest BCUT2D eigenvalue weighted by Gasteiger charge is 1.90. The van der Waals surface area contributed by atoms with Crippen LogP contribution in [0.4, 0.5) is 5.69 Å². The van der Waals surface area contributed by atoms with Crippen molar-refractivity contribution in [2.24, 2.45) is 0 Å². The minimum absolute atomic E-state index is 0.857. The molecule has 1 aromatic rings. The topological polar surface area (TPSA) is 39.7 Å². The van der Waals surface area contributed by atoms with Crippen LogP contribution in [0.5, 0.6) is 0 Å². The number of rotatable bonds is 2. The second kappa shape index (κ2) is 3.22. The van der Waals surface area contributed by atoms with Gasteiger partial charge in [0.05, 0.1) is 6.54 Å². The van der Waals surface area contributed by atoms with Crippen molar-refractivity contribution in [2.45, 2.75) is 6.54 Å². The van der Waals surface area contributed by atoms with E-state index in [0.29, 0.717) is 0 Å². The quantitative estimate of drug-likeness (QED) is 0.611. The Balaban J connectivity index is 2.87. The Labute approximate surface area is 61.1 Å². The lowest BCUT2D eigenvalue weighted by atomic mass is 10.2. The van der Waals surface area contributed by atoms with Crippen molar-refractivity contribution in [3.63, 3.8) is 0 Å². The molecule has 0 heterocycles. The number of nitrogens with one attached hydrogen (secondary N) is 1. The summed E-state index contributed by atoms with van der Waals surface area (Å²) in [5, 5.41) is 3.07. The largest absolute Gasteiger partial charge is 0.388 e. The molecule has 0 spiro atoms. The Hall–Kier alpha value is -1.02. The molecule has 0 aliphatic heterocycles. The van der Waals surface area contributed by atoms with E-state index in [1.807, 2.05) is 19.2 Å². The molecule has 54 valence electrons. The van der Waals surface area contributed by atoms with E-state index in [1.54, 1.807) is 0 Å². The molecule has 0 bridgehead atoms. The maximum atomic E-state index is 3.80. The first-order valence-electron chi connectivity index (χ1n) is 3.42. The van der Waals surface area contributed by atoms with Crippen LogP contribution in [0, 0.1) is 0 Å². The third kappa shape index (κ3) is 1.48. The van der Waals surface area contributed by atoms with Crippen LogP contribution in [-0.2, 0) is 6.54 Å². The molecule has 0 saturated heterocycles. The number of hydrogen-bond donors (Lipinski definition) is 2. The van der Waals surface area contributed by atoms with Crippen LogP contribution in [-0.4, -0.2) is 7.05 Å². The minimum Gasteiger partial charge on any atom is -0.388 e. The van der Waals surface area contributed by atoms with Gasteiger partial charge in [-0.1, -0.05) is 12.1 Å². The average molecular weight is 137 g/mol. The molecule has 0 aromatic heterocycles. The predicted molar refractivity (Wildman–Crippen MR) is 42.6 cm³/mol. The molecule has 0 amide bonds. The maximum Gasteiger partial charge on any atom is 0.0998 e. The normalized spacial score (nSPS) is 9.40. The highest BCUT2D eigenvalue weighted by molar-refractivity contribution is 5.44. The third-order valence-corrected chi connectivity index (χ3v) is 1.50. The zero-order valence-corrected chi connectivity index (χ0v) is 6.22. The molecular weight excluding hydrogens is 124 g/mol. The van der Waals surface area contributed by atoms with E-state index in [1.165, 1.54) is 5.56 Å². The standard InChI is InChI=1S/C8H12N2/c1-10-8-4-2-3-7(5-8)6-9/h2-5,10H,6,9H2,1H3/p+1. The van der Waals surface area contributed by atoms with Gasteiger partial charge in [0, 0.05) is 18.3 Å².